The summed E-state index contributed by atoms with van der Waals surface area (Å²) in [5.41, 5.74) is -1.03. The lowest BCUT2D eigenvalue weighted by Gasteiger charge is -2.21. The van der Waals surface area contributed by atoms with Crippen molar-refractivity contribution < 1.29 is 19.7 Å². The van der Waals surface area contributed by atoms with Gasteiger partial charge in [-0.25, -0.2) is 0 Å². The first-order valence-electron chi connectivity index (χ1n) is 10.4. The summed E-state index contributed by atoms with van der Waals surface area (Å²) < 4.78 is 4.89. The van der Waals surface area contributed by atoms with E-state index >= 15 is 0 Å². The van der Waals surface area contributed by atoms with Gasteiger partial charge in [-0.2, -0.15) is 0 Å². The van der Waals surface area contributed by atoms with Crippen molar-refractivity contribution in [2.75, 3.05) is 0 Å². The molecular formula is C21H42O4. The molecule has 0 aromatic rings. The molecule has 0 spiro atoms. The van der Waals surface area contributed by atoms with Crippen molar-refractivity contribution in [3.05, 3.63) is 0 Å². The van der Waals surface area contributed by atoms with E-state index in [1.807, 2.05) is 0 Å². The number of aliphatic hydroxyl groups is 2. The van der Waals surface area contributed by atoms with Crippen molar-refractivity contribution in [2.24, 2.45) is 0 Å². The third kappa shape index (κ3) is 19.6. The molecule has 0 bridgehead atoms. The molecule has 1 atom stereocenters. The fourth-order valence-electron chi connectivity index (χ4n) is 2.97. The van der Waals surface area contributed by atoms with Crippen LogP contribution < -0.4 is 0 Å². The molecule has 1 unspecified atom stereocenters. The van der Waals surface area contributed by atoms with Gasteiger partial charge in [0.2, 0.25) is 6.29 Å². The van der Waals surface area contributed by atoms with Crippen LogP contribution in [0.25, 0.3) is 0 Å². The van der Waals surface area contributed by atoms with E-state index in [9.17, 15) is 15.0 Å². The van der Waals surface area contributed by atoms with Crippen molar-refractivity contribution in [3.8, 4) is 0 Å². The molecular weight excluding hydrogens is 316 g/mol. The van der Waals surface area contributed by atoms with Gasteiger partial charge in [-0.05, 0) is 20.3 Å². The molecule has 0 saturated carbocycles. The highest BCUT2D eigenvalue weighted by atomic mass is 16.6. The van der Waals surface area contributed by atoms with Gasteiger partial charge in [-0.1, -0.05) is 84.0 Å². The molecule has 4 nitrogen and oxygen atoms in total. The van der Waals surface area contributed by atoms with Crippen molar-refractivity contribution in [1.82, 2.24) is 0 Å². The van der Waals surface area contributed by atoms with E-state index in [1.165, 1.54) is 64.2 Å². The average Bonchev–Trinajstić information content (AvgIpc) is 2.49. The molecule has 0 aliphatic rings. The summed E-state index contributed by atoms with van der Waals surface area (Å²) >= 11 is 0. The third-order valence-electron chi connectivity index (χ3n) is 4.43. The summed E-state index contributed by atoms with van der Waals surface area (Å²) in [4.78, 5) is 11.6. The summed E-state index contributed by atoms with van der Waals surface area (Å²) in [7, 11) is 0. The zero-order chi connectivity index (χ0) is 19.0. The van der Waals surface area contributed by atoms with E-state index in [0.29, 0.717) is 6.42 Å². The number of unbranched alkanes of at least 4 members (excludes halogenated alkanes) is 12. The van der Waals surface area contributed by atoms with Gasteiger partial charge in [0, 0.05) is 12.8 Å². The standard InChI is InChI=1S/C21H42O4/c1-4-5-6-7-8-9-10-11-12-13-14-15-16-17-19(22)25-20(23)18-21(2,3)24/h20,23-24H,4-18H2,1-3H3. The smallest absolute Gasteiger partial charge is 0.308 e. The summed E-state index contributed by atoms with van der Waals surface area (Å²) in [6.45, 7) is 5.41. The van der Waals surface area contributed by atoms with Crippen LogP contribution in [0.5, 0.6) is 0 Å². The monoisotopic (exact) mass is 358 g/mol. The second kappa shape index (κ2) is 15.6. The molecule has 0 aromatic carbocycles. The Balaban J connectivity index is 3.31. The molecule has 0 radical (unpaired) electrons. The number of hydrogen-bond acceptors (Lipinski definition) is 4. The van der Waals surface area contributed by atoms with E-state index < -0.39 is 11.9 Å². The number of esters is 1. The van der Waals surface area contributed by atoms with Crippen LogP contribution in [0.15, 0.2) is 0 Å². The van der Waals surface area contributed by atoms with E-state index in [2.05, 4.69) is 6.92 Å². The average molecular weight is 359 g/mol. The number of aliphatic hydroxyl groups excluding tert-OH is 1. The maximum absolute atomic E-state index is 11.6. The predicted octanol–water partition coefficient (Wildman–Crippen LogP) is 5.49. The highest BCUT2D eigenvalue weighted by Gasteiger charge is 2.21. The lowest BCUT2D eigenvalue weighted by atomic mass is 10.0. The molecule has 0 aliphatic carbocycles. The van der Waals surface area contributed by atoms with Crippen LogP contribution in [0.4, 0.5) is 0 Å². The molecule has 150 valence electrons. The summed E-state index contributed by atoms with van der Waals surface area (Å²) in [6.07, 6.45) is 15.7. The van der Waals surface area contributed by atoms with Gasteiger partial charge < -0.3 is 14.9 Å². The van der Waals surface area contributed by atoms with Gasteiger partial charge in [-0.3, -0.25) is 4.79 Å². The van der Waals surface area contributed by atoms with Gasteiger partial charge in [0.25, 0.3) is 0 Å². The Hall–Kier alpha value is -0.610. The first kappa shape index (κ1) is 24.4. The topological polar surface area (TPSA) is 66.8 Å². The Bertz CT molecular complexity index is 310. The van der Waals surface area contributed by atoms with Crippen molar-refractivity contribution in [3.63, 3.8) is 0 Å². The minimum absolute atomic E-state index is 0.0390. The Labute approximate surface area is 155 Å². The largest absolute Gasteiger partial charge is 0.436 e. The fraction of sp³-hybridized carbons (Fsp3) is 0.952. The van der Waals surface area contributed by atoms with Gasteiger partial charge in [0.1, 0.15) is 0 Å². The second-order valence-corrected chi connectivity index (χ2v) is 7.95. The van der Waals surface area contributed by atoms with Gasteiger partial charge in [-0.15, -0.1) is 0 Å². The van der Waals surface area contributed by atoms with Crippen molar-refractivity contribution in [1.29, 1.82) is 0 Å². The Morgan fingerprint density at radius 1 is 0.840 bits per heavy atom. The van der Waals surface area contributed by atoms with Crippen LogP contribution in [0.3, 0.4) is 0 Å². The molecule has 2 N–H and O–H groups in total. The normalized spacial score (nSPS) is 13.0. The van der Waals surface area contributed by atoms with Gasteiger partial charge in [0.15, 0.2) is 0 Å². The molecule has 0 rings (SSSR count). The quantitative estimate of drug-likeness (QED) is 0.205. The lowest BCUT2D eigenvalue weighted by molar-refractivity contribution is -0.175. The highest BCUT2D eigenvalue weighted by Crippen LogP contribution is 2.14. The number of carbonyl (C=O) groups excluding carboxylic acids is 1. The number of rotatable bonds is 17. The van der Waals surface area contributed by atoms with Crippen molar-refractivity contribution >= 4 is 5.97 Å². The molecule has 0 aliphatic heterocycles. The maximum atomic E-state index is 11.6. The second-order valence-electron chi connectivity index (χ2n) is 7.95. The van der Waals surface area contributed by atoms with Crippen LogP contribution >= 0.6 is 0 Å². The number of carbonyl (C=O) groups is 1. The van der Waals surface area contributed by atoms with Gasteiger partial charge >= 0.3 is 5.97 Å². The fourth-order valence-corrected chi connectivity index (χ4v) is 2.97. The maximum Gasteiger partial charge on any atom is 0.308 e. The Kier molecular flexibility index (Phi) is 15.2. The first-order valence-corrected chi connectivity index (χ1v) is 10.4. The summed E-state index contributed by atoms with van der Waals surface area (Å²) in [5.74, 6) is -0.375. The summed E-state index contributed by atoms with van der Waals surface area (Å²) in [6, 6.07) is 0. The zero-order valence-corrected chi connectivity index (χ0v) is 16.9. The lowest BCUT2D eigenvalue weighted by Crippen LogP contribution is -2.29. The van der Waals surface area contributed by atoms with Crippen LogP contribution in [-0.2, 0) is 9.53 Å². The van der Waals surface area contributed by atoms with Gasteiger partial charge in [0.05, 0.1) is 5.60 Å². The third-order valence-corrected chi connectivity index (χ3v) is 4.43. The molecule has 25 heavy (non-hydrogen) atoms. The van der Waals surface area contributed by atoms with Crippen LogP contribution in [0.2, 0.25) is 0 Å². The predicted molar refractivity (Wildman–Crippen MR) is 103 cm³/mol. The SMILES string of the molecule is CCCCCCCCCCCCCCCC(=O)OC(O)CC(C)(C)O. The van der Waals surface area contributed by atoms with E-state index in [-0.39, 0.29) is 12.4 Å². The van der Waals surface area contributed by atoms with E-state index in [0.717, 1.165) is 19.3 Å². The van der Waals surface area contributed by atoms with Crippen LogP contribution in [0.1, 0.15) is 117 Å². The first-order chi connectivity index (χ1) is 11.8. The Morgan fingerprint density at radius 2 is 1.24 bits per heavy atom. The highest BCUT2D eigenvalue weighted by molar-refractivity contribution is 5.69. The molecule has 0 saturated heterocycles. The molecule has 0 amide bonds. The van der Waals surface area contributed by atoms with E-state index in [4.69, 9.17) is 4.74 Å². The van der Waals surface area contributed by atoms with Crippen molar-refractivity contribution in [2.45, 2.75) is 129 Å². The summed E-state index contributed by atoms with van der Waals surface area (Å²) in [5, 5.41) is 19.1. The molecule has 4 heteroatoms. The number of ether oxygens (including phenoxy) is 1. The molecule has 0 heterocycles. The Morgan fingerprint density at radius 3 is 1.64 bits per heavy atom. The minimum atomic E-state index is -1.21. The van der Waals surface area contributed by atoms with Crippen LogP contribution in [-0.4, -0.2) is 28.1 Å². The van der Waals surface area contributed by atoms with Crippen LogP contribution in [0, 0.1) is 0 Å². The van der Waals surface area contributed by atoms with E-state index in [1.54, 1.807) is 13.8 Å². The molecule has 0 fully saturated rings. The minimum Gasteiger partial charge on any atom is -0.436 e. The number of hydrogen-bond donors (Lipinski definition) is 2. The zero-order valence-electron chi connectivity index (χ0n) is 16.9. The molecule has 0 aromatic heterocycles.